The average Bonchev–Trinajstić information content (AvgIpc) is 2.84. The highest BCUT2D eigenvalue weighted by Gasteiger charge is 2.24. The van der Waals surface area contributed by atoms with Gasteiger partial charge in [0.25, 0.3) is 0 Å². The Morgan fingerprint density at radius 1 is 1.33 bits per heavy atom. The molecule has 12 heavy (non-hydrogen) atoms. The first-order chi connectivity index (χ1) is 5.76. The van der Waals surface area contributed by atoms with Crippen LogP contribution in [-0.2, 0) is 0 Å². The van der Waals surface area contributed by atoms with E-state index in [9.17, 15) is 5.11 Å². The fraction of sp³-hybridized carbons (Fsp3) is 1.00. The molecule has 0 radical (unpaired) electrons. The van der Waals surface area contributed by atoms with Crippen LogP contribution in [0.25, 0.3) is 0 Å². The molecule has 0 aromatic carbocycles. The van der Waals surface area contributed by atoms with Crippen molar-refractivity contribution < 1.29 is 5.11 Å². The Balaban J connectivity index is 2.09. The maximum atomic E-state index is 9.65. The second kappa shape index (κ2) is 4.83. The molecule has 1 aliphatic carbocycles. The number of hydrogen-bond donors (Lipinski definition) is 1. The molecule has 1 fully saturated rings. The standard InChI is InChI=1S/C10H21NO/c1-3-11(4-2)8-10(12)7-9-5-6-9/h9-10,12H,3-8H2,1-2H3. The smallest absolute Gasteiger partial charge is 0.0669 e. The second-order valence-electron chi connectivity index (χ2n) is 3.82. The summed E-state index contributed by atoms with van der Waals surface area (Å²) >= 11 is 0. The van der Waals surface area contributed by atoms with E-state index in [1.54, 1.807) is 0 Å². The zero-order valence-corrected chi connectivity index (χ0v) is 8.29. The van der Waals surface area contributed by atoms with Crippen molar-refractivity contribution in [2.45, 2.75) is 39.2 Å². The topological polar surface area (TPSA) is 23.5 Å². The van der Waals surface area contributed by atoms with Crippen molar-refractivity contribution in [2.75, 3.05) is 19.6 Å². The van der Waals surface area contributed by atoms with E-state index in [2.05, 4.69) is 18.7 Å². The van der Waals surface area contributed by atoms with Gasteiger partial charge in [-0.05, 0) is 25.4 Å². The average molecular weight is 171 g/mol. The summed E-state index contributed by atoms with van der Waals surface area (Å²) in [7, 11) is 0. The Bertz CT molecular complexity index is 119. The highest BCUT2D eigenvalue weighted by molar-refractivity contribution is 4.77. The van der Waals surface area contributed by atoms with Crippen LogP contribution in [0.4, 0.5) is 0 Å². The highest BCUT2D eigenvalue weighted by Crippen LogP contribution is 2.33. The largest absolute Gasteiger partial charge is 0.392 e. The van der Waals surface area contributed by atoms with Gasteiger partial charge in [-0.15, -0.1) is 0 Å². The minimum Gasteiger partial charge on any atom is -0.392 e. The molecule has 0 spiro atoms. The summed E-state index contributed by atoms with van der Waals surface area (Å²) in [6.07, 6.45) is 3.62. The fourth-order valence-corrected chi connectivity index (χ4v) is 1.59. The van der Waals surface area contributed by atoms with Gasteiger partial charge in [0.2, 0.25) is 0 Å². The Hall–Kier alpha value is -0.0800. The van der Waals surface area contributed by atoms with E-state index in [0.29, 0.717) is 0 Å². The van der Waals surface area contributed by atoms with Gasteiger partial charge < -0.3 is 10.0 Å². The third-order valence-electron chi connectivity index (χ3n) is 2.67. The van der Waals surface area contributed by atoms with Gasteiger partial charge in [0.15, 0.2) is 0 Å². The molecule has 1 saturated carbocycles. The van der Waals surface area contributed by atoms with Crippen molar-refractivity contribution in [1.29, 1.82) is 0 Å². The monoisotopic (exact) mass is 171 g/mol. The summed E-state index contributed by atoms with van der Waals surface area (Å²) < 4.78 is 0. The van der Waals surface area contributed by atoms with E-state index in [-0.39, 0.29) is 6.10 Å². The van der Waals surface area contributed by atoms with Crippen molar-refractivity contribution >= 4 is 0 Å². The van der Waals surface area contributed by atoms with E-state index < -0.39 is 0 Å². The summed E-state index contributed by atoms with van der Waals surface area (Å²) in [5.74, 6) is 0.843. The first-order valence-electron chi connectivity index (χ1n) is 5.16. The molecular weight excluding hydrogens is 150 g/mol. The van der Waals surface area contributed by atoms with Crippen LogP contribution in [0.5, 0.6) is 0 Å². The lowest BCUT2D eigenvalue weighted by Gasteiger charge is -2.21. The molecular formula is C10H21NO. The molecule has 1 rings (SSSR count). The zero-order valence-electron chi connectivity index (χ0n) is 8.29. The van der Waals surface area contributed by atoms with Crippen molar-refractivity contribution in [1.82, 2.24) is 4.90 Å². The van der Waals surface area contributed by atoms with Gasteiger partial charge in [0.1, 0.15) is 0 Å². The summed E-state index contributed by atoms with van der Waals surface area (Å²) in [5.41, 5.74) is 0. The predicted octanol–water partition coefficient (Wildman–Crippen LogP) is 1.49. The van der Waals surface area contributed by atoms with Crippen LogP contribution < -0.4 is 0 Å². The van der Waals surface area contributed by atoms with Crippen LogP contribution in [0.1, 0.15) is 33.1 Å². The van der Waals surface area contributed by atoms with Gasteiger partial charge in [-0.2, -0.15) is 0 Å². The number of aliphatic hydroxyl groups is 1. The van der Waals surface area contributed by atoms with E-state index >= 15 is 0 Å². The first-order valence-corrected chi connectivity index (χ1v) is 5.16. The van der Waals surface area contributed by atoms with Crippen molar-refractivity contribution in [2.24, 2.45) is 5.92 Å². The number of aliphatic hydroxyl groups excluding tert-OH is 1. The van der Waals surface area contributed by atoms with Gasteiger partial charge in [-0.1, -0.05) is 26.7 Å². The quantitative estimate of drug-likeness (QED) is 0.654. The molecule has 2 nitrogen and oxygen atoms in total. The SMILES string of the molecule is CCN(CC)CC(O)CC1CC1. The van der Waals surface area contributed by atoms with Crippen LogP contribution in [0.3, 0.4) is 0 Å². The summed E-state index contributed by atoms with van der Waals surface area (Å²) in [5, 5.41) is 9.65. The summed E-state index contributed by atoms with van der Waals surface area (Å²) in [6.45, 7) is 7.26. The normalized spacial score (nSPS) is 20.0. The van der Waals surface area contributed by atoms with Gasteiger partial charge in [0.05, 0.1) is 6.10 Å². The second-order valence-corrected chi connectivity index (χ2v) is 3.82. The molecule has 0 bridgehead atoms. The molecule has 1 unspecified atom stereocenters. The van der Waals surface area contributed by atoms with E-state index in [0.717, 1.165) is 32.0 Å². The molecule has 1 aliphatic rings. The molecule has 0 aliphatic heterocycles. The molecule has 72 valence electrons. The maximum Gasteiger partial charge on any atom is 0.0669 e. The van der Waals surface area contributed by atoms with Crippen molar-refractivity contribution in [3.05, 3.63) is 0 Å². The van der Waals surface area contributed by atoms with Crippen LogP contribution in [-0.4, -0.2) is 35.7 Å². The molecule has 0 amide bonds. The van der Waals surface area contributed by atoms with E-state index in [4.69, 9.17) is 0 Å². The lowest BCUT2D eigenvalue weighted by Crippen LogP contribution is -2.32. The summed E-state index contributed by atoms with van der Waals surface area (Å²) in [6, 6.07) is 0. The molecule has 0 saturated heterocycles. The van der Waals surface area contributed by atoms with Crippen molar-refractivity contribution in [3.8, 4) is 0 Å². The van der Waals surface area contributed by atoms with Crippen LogP contribution >= 0.6 is 0 Å². The fourth-order valence-electron chi connectivity index (χ4n) is 1.59. The molecule has 0 aromatic rings. The minimum absolute atomic E-state index is 0.0857. The predicted molar refractivity (Wildman–Crippen MR) is 51.1 cm³/mol. The maximum absolute atomic E-state index is 9.65. The number of rotatable bonds is 6. The molecule has 1 N–H and O–H groups in total. The minimum atomic E-state index is -0.0857. The Labute approximate surface area is 75.6 Å². The van der Waals surface area contributed by atoms with Gasteiger partial charge in [-0.3, -0.25) is 0 Å². The van der Waals surface area contributed by atoms with Gasteiger partial charge in [0, 0.05) is 6.54 Å². The Morgan fingerprint density at radius 2 is 1.92 bits per heavy atom. The van der Waals surface area contributed by atoms with E-state index in [1.165, 1.54) is 12.8 Å². The number of hydrogen-bond acceptors (Lipinski definition) is 2. The first kappa shape index (κ1) is 10.0. The van der Waals surface area contributed by atoms with Crippen LogP contribution in [0.2, 0.25) is 0 Å². The van der Waals surface area contributed by atoms with Crippen LogP contribution in [0.15, 0.2) is 0 Å². The molecule has 0 aromatic heterocycles. The van der Waals surface area contributed by atoms with Gasteiger partial charge in [-0.25, -0.2) is 0 Å². The number of nitrogens with zero attached hydrogens (tertiary/aromatic N) is 1. The zero-order chi connectivity index (χ0) is 8.97. The molecule has 1 atom stereocenters. The summed E-state index contributed by atoms with van der Waals surface area (Å²) in [4.78, 5) is 2.28. The van der Waals surface area contributed by atoms with Crippen molar-refractivity contribution in [3.63, 3.8) is 0 Å². The Kier molecular flexibility index (Phi) is 4.02. The lowest BCUT2D eigenvalue weighted by molar-refractivity contribution is 0.106. The molecule has 0 heterocycles. The number of likely N-dealkylation sites (N-methyl/N-ethyl adjacent to an activating group) is 1. The van der Waals surface area contributed by atoms with Crippen LogP contribution in [0, 0.1) is 5.92 Å². The van der Waals surface area contributed by atoms with Gasteiger partial charge >= 0.3 is 0 Å². The lowest BCUT2D eigenvalue weighted by atomic mass is 10.1. The third-order valence-corrected chi connectivity index (χ3v) is 2.67. The molecule has 2 heteroatoms. The highest BCUT2D eigenvalue weighted by atomic mass is 16.3. The van der Waals surface area contributed by atoms with E-state index in [1.807, 2.05) is 0 Å². The third kappa shape index (κ3) is 3.55. The Morgan fingerprint density at radius 3 is 2.33 bits per heavy atom.